The van der Waals surface area contributed by atoms with E-state index in [-0.39, 0.29) is 5.89 Å². The summed E-state index contributed by atoms with van der Waals surface area (Å²) in [5, 5.41) is 3.78. The van der Waals surface area contributed by atoms with Gasteiger partial charge in [-0.25, -0.2) is 0 Å². The molecule has 3 heterocycles. The highest BCUT2D eigenvalue weighted by Gasteiger charge is 2.37. The van der Waals surface area contributed by atoms with E-state index in [1.165, 1.54) is 27.7 Å². The zero-order valence-electron chi connectivity index (χ0n) is 15.0. The maximum absolute atomic E-state index is 15.6. The number of hydrogen-bond donors (Lipinski definition) is 1. The van der Waals surface area contributed by atoms with E-state index in [0.29, 0.717) is 21.5 Å². The Morgan fingerprint density at radius 2 is 2.03 bits per heavy atom. The Kier molecular flexibility index (Phi) is 4.21. The number of thioether (sulfide) groups is 1. The van der Waals surface area contributed by atoms with Crippen molar-refractivity contribution in [2.75, 3.05) is 11.9 Å². The topological polar surface area (TPSA) is 74.6 Å². The molecule has 1 aliphatic rings. The summed E-state index contributed by atoms with van der Waals surface area (Å²) in [6.07, 6.45) is 0. The van der Waals surface area contributed by atoms with Crippen molar-refractivity contribution in [1.29, 1.82) is 0 Å². The van der Waals surface area contributed by atoms with Crippen molar-refractivity contribution in [1.82, 2.24) is 0 Å². The molecule has 0 saturated heterocycles. The third-order valence-corrected chi connectivity index (χ3v) is 7.58. The molecule has 2 aromatic heterocycles. The van der Waals surface area contributed by atoms with E-state index in [2.05, 4.69) is 0 Å². The molecule has 29 heavy (non-hydrogen) atoms. The Bertz CT molecular complexity index is 1420. The first kappa shape index (κ1) is 18.6. The minimum atomic E-state index is -4.45. The summed E-state index contributed by atoms with van der Waals surface area (Å²) in [6, 6.07) is 12.7. The van der Waals surface area contributed by atoms with E-state index in [9.17, 15) is 13.0 Å². The molecule has 0 aliphatic carbocycles. The second kappa shape index (κ2) is 6.56. The SMILES string of the molecule is CN1C(=C(F)c2oc3ccc4ccccc4c3[n+]2CS(=O)(=O)O)Sc2sccc21. The molecule has 0 unspecified atom stereocenters. The van der Waals surface area contributed by atoms with Crippen molar-refractivity contribution in [3.05, 3.63) is 58.8 Å². The molecule has 4 aromatic rings. The molecule has 0 spiro atoms. The van der Waals surface area contributed by atoms with Crippen molar-refractivity contribution in [3.63, 3.8) is 0 Å². The zero-order chi connectivity index (χ0) is 20.3. The highest BCUT2D eigenvalue weighted by Crippen LogP contribution is 2.50. The first-order valence-corrected chi connectivity index (χ1v) is 11.8. The van der Waals surface area contributed by atoms with Crippen molar-refractivity contribution in [3.8, 4) is 0 Å². The third-order valence-electron chi connectivity index (χ3n) is 4.72. The van der Waals surface area contributed by atoms with Crippen LogP contribution in [0.25, 0.3) is 27.7 Å². The Morgan fingerprint density at radius 3 is 2.79 bits per heavy atom. The first-order valence-electron chi connectivity index (χ1n) is 8.52. The lowest BCUT2D eigenvalue weighted by Gasteiger charge is -2.11. The van der Waals surface area contributed by atoms with Gasteiger partial charge in [0.2, 0.25) is 5.58 Å². The van der Waals surface area contributed by atoms with Crippen LogP contribution >= 0.6 is 23.1 Å². The Hall–Kier alpha value is -2.40. The number of hydrogen-bond acceptors (Lipinski definition) is 6. The number of halogens is 1. The van der Waals surface area contributed by atoms with Gasteiger partial charge in [-0.1, -0.05) is 36.0 Å². The molecule has 1 aliphatic heterocycles. The lowest BCUT2D eigenvalue weighted by Crippen LogP contribution is -2.40. The number of aromatic nitrogens is 1. The van der Waals surface area contributed by atoms with Gasteiger partial charge in [-0.15, -0.1) is 15.9 Å². The maximum atomic E-state index is 15.6. The van der Waals surface area contributed by atoms with Gasteiger partial charge in [0.15, 0.2) is 0 Å². The molecule has 0 fully saturated rings. The number of benzene rings is 2. The normalized spacial score (nSPS) is 16.0. The standard InChI is InChI=1S/C19H13FN2O4S3/c1-21-13-8-9-27-19(13)28-18(21)15(20)17-22(10-29(23,24)25)16-12-5-3-2-4-11(12)6-7-14(16)26-17/h2-9H,10H2,1H3/p+1. The molecule has 5 rings (SSSR count). The molecule has 0 atom stereocenters. The average Bonchev–Trinajstić information content (AvgIpc) is 3.35. The van der Waals surface area contributed by atoms with Gasteiger partial charge < -0.3 is 9.32 Å². The van der Waals surface area contributed by atoms with Crippen LogP contribution in [0.5, 0.6) is 0 Å². The van der Waals surface area contributed by atoms with E-state index in [1.807, 2.05) is 29.6 Å². The second-order valence-corrected chi connectivity index (χ2v) is 10.1. The molecule has 0 saturated carbocycles. The summed E-state index contributed by atoms with van der Waals surface area (Å²) in [4.78, 5) is 1.70. The Balaban J connectivity index is 1.80. The maximum Gasteiger partial charge on any atom is 0.415 e. The van der Waals surface area contributed by atoms with Crippen LogP contribution < -0.4 is 9.47 Å². The molecule has 0 amide bonds. The van der Waals surface area contributed by atoms with Crippen LogP contribution in [0, 0.1) is 0 Å². The van der Waals surface area contributed by atoms with Gasteiger partial charge in [-0.05, 0) is 29.0 Å². The molecule has 0 radical (unpaired) electrons. The van der Waals surface area contributed by atoms with Crippen molar-refractivity contribution < 1.29 is 26.3 Å². The molecule has 2 aromatic carbocycles. The predicted octanol–water partition coefficient (Wildman–Crippen LogP) is 4.62. The number of rotatable bonds is 3. The fraction of sp³-hybridized carbons (Fsp3) is 0.105. The summed E-state index contributed by atoms with van der Waals surface area (Å²) in [6.45, 7) is 0. The van der Waals surface area contributed by atoms with Gasteiger partial charge in [0.05, 0.1) is 15.3 Å². The zero-order valence-corrected chi connectivity index (χ0v) is 17.4. The molecule has 1 N–H and O–H groups in total. The minimum absolute atomic E-state index is 0.251. The van der Waals surface area contributed by atoms with Crippen LogP contribution in [0.15, 0.2) is 61.5 Å². The number of thiophene rings is 1. The van der Waals surface area contributed by atoms with E-state index >= 15 is 4.39 Å². The van der Waals surface area contributed by atoms with Gasteiger partial charge in [0, 0.05) is 7.05 Å². The second-order valence-electron chi connectivity index (χ2n) is 6.55. The lowest BCUT2D eigenvalue weighted by atomic mass is 10.1. The number of anilines is 1. The highest BCUT2D eigenvalue weighted by molar-refractivity contribution is 8.05. The number of nitrogens with zero attached hydrogens (tertiary/aromatic N) is 2. The van der Waals surface area contributed by atoms with Gasteiger partial charge >= 0.3 is 16.0 Å². The van der Waals surface area contributed by atoms with E-state index in [1.54, 1.807) is 30.1 Å². The summed E-state index contributed by atoms with van der Waals surface area (Å²) in [7, 11) is -2.71. The van der Waals surface area contributed by atoms with Crippen LogP contribution in [-0.4, -0.2) is 20.0 Å². The first-order chi connectivity index (χ1) is 13.8. The van der Waals surface area contributed by atoms with Crippen molar-refractivity contribution in [2.45, 2.75) is 10.1 Å². The Labute approximate surface area is 173 Å². The monoisotopic (exact) mass is 449 g/mol. The van der Waals surface area contributed by atoms with Gasteiger partial charge in [-0.2, -0.15) is 12.8 Å². The highest BCUT2D eigenvalue weighted by atomic mass is 32.2. The van der Waals surface area contributed by atoms with Gasteiger partial charge in [0.1, 0.15) is 5.03 Å². The quantitative estimate of drug-likeness (QED) is 0.363. The number of oxazole rings is 1. The largest absolute Gasteiger partial charge is 0.415 e. The van der Waals surface area contributed by atoms with Crippen LogP contribution in [0.4, 0.5) is 10.1 Å². The van der Waals surface area contributed by atoms with Crippen molar-refractivity contribution in [2.24, 2.45) is 0 Å². The predicted molar refractivity (Wildman–Crippen MR) is 112 cm³/mol. The fourth-order valence-corrected chi connectivity index (χ4v) is 6.18. The summed E-state index contributed by atoms with van der Waals surface area (Å²) < 4.78 is 56.5. The fourth-order valence-electron chi connectivity index (χ4n) is 3.47. The molecular weight excluding hydrogens is 435 g/mol. The number of fused-ring (bicyclic) bond motifs is 4. The van der Waals surface area contributed by atoms with Crippen LogP contribution in [0.2, 0.25) is 0 Å². The molecule has 148 valence electrons. The molecule has 10 heteroatoms. The van der Waals surface area contributed by atoms with Crippen molar-refractivity contribution >= 4 is 66.6 Å². The Morgan fingerprint density at radius 1 is 1.24 bits per heavy atom. The molecule has 0 bridgehead atoms. The smallest absolute Gasteiger partial charge is 0.396 e. The van der Waals surface area contributed by atoms with Crippen LogP contribution in [0.1, 0.15) is 5.89 Å². The van der Waals surface area contributed by atoms with Crippen LogP contribution in [0.3, 0.4) is 0 Å². The van der Waals surface area contributed by atoms with E-state index in [4.69, 9.17) is 4.42 Å². The minimum Gasteiger partial charge on any atom is -0.396 e. The third kappa shape index (κ3) is 3.03. The van der Waals surface area contributed by atoms with Gasteiger partial charge in [-0.3, -0.25) is 4.55 Å². The summed E-state index contributed by atoms with van der Waals surface area (Å²) >= 11 is 2.76. The summed E-state index contributed by atoms with van der Waals surface area (Å²) in [5.74, 6) is -1.76. The molecule has 6 nitrogen and oxygen atoms in total. The average molecular weight is 450 g/mol. The molecular formula is C19H14FN2O4S3+. The lowest BCUT2D eigenvalue weighted by molar-refractivity contribution is -0.659. The van der Waals surface area contributed by atoms with Crippen LogP contribution in [-0.2, 0) is 16.0 Å². The van der Waals surface area contributed by atoms with E-state index in [0.717, 1.165) is 15.3 Å². The summed E-state index contributed by atoms with van der Waals surface area (Å²) in [5.41, 5.74) is 1.62. The van der Waals surface area contributed by atoms with E-state index < -0.39 is 21.8 Å². The van der Waals surface area contributed by atoms with Gasteiger partial charge in [0.25, 0.3) is 17.2 Å².